The van der Waals surface area contributed by atoms with Crippen LogP contribution in [0.3, 0.4) is 0 Å². The maximum atomic E-state index is 12.9. The maximum Gasteiger partial charge on any atom is 0.412 e. The number of carbonyl (C=O) groups excluding carboxylic acids is 3. The summed E-state index contributed by atoms with van der Waals surface area (Å²) in [6.45, 7) is 4.42. The Morgan fingerprint density at radius 1 is 0.917 bits per heavy atom. The molecule has 0 aliphatic rings. The van der Waals surface area contributed by atoms with Crippen molar-refractivity contribution in [2.75, 3.05) is 24.8 Å². The van der Waals surface area contributed by atoms with Gasteiger partial charge in [-0.1, -0.05) is 61.2 Å². The Morgan fingerprint density at radius 2 is 1.61 bits per heavy atom. The minimum absolute atomic E-state index is 0.195. The number of ether oxygens (including phenoxy) is 3. The number of amides is 1. The monoisotopic (exact) mass is 505 g/mol. The molecule has 0 bridgehead atoms. The van der Waals surface area contributed by atoms with Crippen LogP contribution in [0.1, 0.15) is 17.3 Å². The fourth-order valence-corrected chi connectivity index (χ4v) is 3.64. The lowest BCUT2D eigenvalue weighted by Crippen LogP contribution is -2.32. The van der Waals surface area contributed by atoms with Gasteiger partial charge in [-0.3, -0.25) is 5.32 Å². The first-order valence-corrected chi connectivity index (χ1v) is 12.4. The summed E-state index contributed by atoms with van der Waals surface area (Å²) in [6, 6.07) is 23.7. The summed E-state index contributed by atoms with van der Waals surface area (Å²) >= 11 is 1.53. The molecule has 0 heterocycles. The molecule has 1 atom stereocenters. The summed E-state index contributed by atoms with van der Waals surface area (Å²) in [5, 5.41) is 2.63. The van der Waals surface area contributed by atoms with E-state index in [1.54, 1.807) is 30.3 Å². The van der Waals surface area contributed by atoms with E-state index in [9.17, 15) is 14.4 Å². The van der Waals surface area contributed by atoms with Crippen LogP contribution in [0, 0.1) is 0 Å². The van der Waals surface area contributed by atoms with Crippen molar-refractivity contribution in [1.82, 2.24) is 0 Å². The van der Waals surface area contributed by atoms with Crippen molar-refractivity contribution in [3.63, 3.8) is 0 Å². The van der Waals surface area contributed by atoms with Crippen LogP contribution in [-0.4, -0.2) is 43.6 Å². The van der Waals surface area contributed by atoms with Crippen molar-refractivity contribution in [2.24, 2.45) is 0 Å². The smallest absolute Gasteiger partial charge is 0.412 e. The van der Waals surface area contributed by atoms with Gasteiger partial charge in [0.1, 0.15) is 13.2 Å². The first kappa shape index (κ1) is 26.6. The average molecular weight is 506 g/mol. The summed E-state index contributed by atoms with van der Waals surface area (Å²) < 4.78 is 16.0. The first-order valence-electron chi connectivity index (χ1n) is 11.1. The van der Waals surface area contributed by atoms with Gasteiger partial charge in [-0.15, -0.1) is 11.8 Å². The zero-order valence-corrected chi connectivity index (χ0v) is 20.9. The molecule has 3 aromatic rings. The zero-order valence-electron chi connectivity index (χ0n) is 20.1. The molecule has 0 saturated carbocycles. The fourth-order valence-electron chi connectivity index (χ4n) is 3.18. The van der Waals surface area contributed by atoms with E-state index >= 15 is 0 Å². The Kier molecular flexibility index (Phi) is 9.71. The predicted molar refractivity (Wildman–Crippen MR) is 140 cm³/mol. The third-order valence-corrected chi connectivity index (χ3v) is 5.70. The van der Waals surface area contributed by atoms with Gasteiger partial charge in [0.2, 0.25) is 0 Å². The lowest BCUT2D eigenvalue weighted by Gasteiger charge is -2.19. The van der Waals surface area contributed by atoms with E-state index in [1.165, 1.54) is 18.7 Å². The predicted octanol–water partition coefficient (Wildman–Crippen LogP) is 5.97. The number of hydrogen-bond acceptors (Lipinski definition) is 7. The average Bonchev–Trinajstić information content (AvgIpc) is 2.90. The van der Waals surface area contributed by atoms with Crippen molar-refractivity contribution in [3.8, 4) is 11.1 Å². The van der Waals surface area contributed by atoms with Crippen LogP contribution >= 0.6 is 11.8 Å². The Morgan fingerprint density at radius 3 is 2.33 bits per heavy atom. The Labute approximate surface area is 214 Å². The fraction of sp³-hybridized carbons (Fsp3) is 0.179. The minimum Gasteiger partial charge on any atom is -0.458 e. The third kappa shape index (κ3) is 7.74. The molecular formula is C28H27NO6S. The van der Waals surface area contributed by atoms with Crippen LogP contribution in [0.4, 0.5) is 10.5 Å². The van der Waals surface area contributed by atoms with Crippen molar-refractivity contribution in [3.05, 3.63) is 96.6 Å². The molecule has 0 spiro atoms. The van der Waals surface area contributed by atoms with Gasteiger partial charge in [-0.05, 0) is 48.6 Å². The standard InChI is InChI=1S/C28H27NO6S/c1-19(2)26(30)33-17-22(35-28(32)29-21-12-9-13-23(16-21)36-3)18-34-27(31)25-15-8-7-14-24(25)20-10-5-4-6-11-20/h4-16,22H,1,17-18H2,2-3H3,(H,29,32). The highest BCUT2D eigenvalue weighted by atomic mass is 32.2. The van der Waals surface area contributed by atoms with E-state index in [-0.39, 0.29) is 18.8 Å². The second kappa shape index (κ2) is 13.2. The largest absolute Gasteiger partial charge is 0.458 e. The molecule has 36 heavy (non-hydrogen) atoms. The minimum atomic E-state index is -1.04. The normalized spacial score (nSPS) is 11.2. The van der Waals surface area contributed by atoms with Crippen LogP contribution in [0.2, 0.25) is 0 Å². The number of nitrogens with one attached hydrogen (secondary N) is 1. The van der Waals surface area contributed by atoms with Crippen LogP contribution < -0.4 is 5.32 Å². The number of hydrogen-bond donors (Lipinski definition) is 1. The number of carbonyl (C=O) groups is 3. The second-order valence-corrected chi connectivity index (χ2v) is 8.65. The van der Waals surface area contributed by atoms with Crippen molar-refractivity contribution >= 4 is 35.5 Å². The molecule has 3 aromatic carbocycles. The Balaban J connectivity index is 1.69. The van der Waals surface area contributed by atoms with Crippen LogP contribution in [0.15, 0.2) is 95.9 Å². The molecule has 0 aliphatic heterocycles. The summed E-state index contributed by atoms with van der Waals surface area (Å²) in [5.74, 6) is -1.24. The molecule has 0 saturated heterocycles. The zero-order chi connectivity index (χ0) is 25.9. The maximum absolute atomic E-state index is 12.9. The van der Waals surface area contributed by atoms with Crippen LogP contribution in [0.5, 0.6) is 0 Å². The highest BCUT2D eigenvalue weighted by molar-refractivity contribution is 7.98. The summed E-state index contributed by atoms with van der Waals surface area (Å²) in [4.78, 5) is 38.3. The van der Waals surface area contributed by atoms with Crippen molar-refractivity contribution in [2.45, 2.75) is 17.9 Å². The number of anilines is 1. The number of esters is 2. The van der Waals surface area contributed by atoms with Gasteiger partial charge in [-0.25, -0.2) is 14.4 Å². The molecule has 186 valence electrons. The van der Waals surface area contributed by atoms with Gasteiger partial charge in [-0.2, -0.15) is 0 Å². The quantitative estimate of drug-likeness (QED) is 0.157. The number of benzene rings is 3. The van der Waals surface area contributed by atoms with Gasteiger partial charge in [0.15, 0.2) is 6.10 Å². The van der Waals surface area contributed by atoms with Gasteiger partial charge in [0.05, 0.1) is 5.56 Å². The molecule has 0 fully saturated rings. The van der Waals surface area contributed by atoms with E-state index in [0.717, 1.165) is 10.5 Å². The second-order valence-electron chi connectivity index (χ2n) is 7.77. The Bertz CT molecular complexity index is 1230. The highest BCUT2D eigenvalue weighted by Crippen LogP contribution is 2.24. The lowest BCUT2D eigenvalue weighted by molar-refractivity contribution is -0.142. The van der Waals surface area contributed by atoms with E-state index in [4.69, 9.17) is 14.2 Å². The Hall–Kier alpha value is -4.04. The van der Waals surface area contributed by atoms with E-state index in [2.05, 4.69) is 11.9 Å². The van der Waals surface area contributed by atoms with E-state index < -0.39 is 24.1 Å². The summed E-state index contributed by atoms with van der Waals surface area (Å²) in [6.07, 6.45) is 0.114. The molecule has 1 unspecified atom stereocenters. The van der Waals surface area contributed by atoms with Crippen molar-refractivity contribution in [1.29, 1.82) is 0 Å². The molecular weight excluding hydrogens is 478 g/mol. The lowest BCUT2D eigenvalue weighted by atomic mass is 10.00. The summed E-state index contributed by atoms with van der Waals surface area (Å²) in [5.41, 5.74) is 2.67. The van der Waals surface area contributed by atoms with Gasteiger partial charge in [0, 0.05) is 16.2 Å². The topological polar surface area (TPSA) is 90.9 Å². The molecule has 3 rings (SSSR count). The number of rotatable bonds is 10. The SMILES string of the molecule is C=C(C)C(=O)OCC(COC(=O)c1ccccc1-c1ccccc1)OC(=O)Nc1cccc(SC)c1. The highest BCUT2D eigenvalue weighted by Gasteiger charge is 2.22. The van der Waals surface area contributed by atoms with Gasteiger partial charge < -0.3 is 14.2 Å². The van der Waals surface area contributed by atoms with Crippen LogP contribution in [-0.2, 0) is 19.0 Å². The molecule has 1 amide bonds. The molecule has 8 heteroatoms. The van der Waals surface area contributed by atoms with Gasteiger partial charge >= 0.3 is 18.0 Å². The summed E-state index contributed by atoms with van der Waals surface area (Å²) in [7, 11) is 0. The molecule has 0 aliphatic carbocycles. The third-order valence-electron chi connectivity index (χ3n) is 4.97. The van der Waals surface area contributed by atoms with E-state index in [0.29, 0.717) is 16.8 Å². The molecule has 1 N–H and O–H groups in total. The van der Waals surface area contributed by atoms with Crippen molar-refractivity contribution < 1.29 is 28.6 Å². The molecule has 7 nitrogen and oxygen atoms in total. The van der Waals surface area contributed by atoms with E-state index in [1.807, 2.05) is 54.8 Å². The first-order chi connectivity index (χ1) is 17.4. The molecule has 0 aromatic heterocycles. The molecule has 0 radical (unpaired) electrons. The number of thioether (sulfide) groups is 1. The van der Waals surface area contributed by atoms with Crippen LogP contribution in [0.25, 0.3) is 11.1 Å². The van der Waals surface area contributed by atoms with Gasteiger partial charge in [0.25, 0.3) is 0 Å².